The van der Waals surface area contributed by atoms with Crippen LogP contribution in [0.2, 0.25) is 0 Å². The Balaban J connectivity index is 1.82. The molecule has 0 aromatic heterocycles. The molecule has 0 saturated heterocycles. The summed E-state index contributed by atoms with van der Waals surface area (Å²) in [7, 11) is 0. The summed E-state index contributed by atoms with van der Waals surface area (Å²) >= 11 is 3.43. The van der Waals surface area contributed by atoms with Crippen molar-refractivity contribution in [3.63, 3.8) is 0 Å². The van der Waals surface area contributed by atoms with Crippen LogP contribution in [0.4, 0.5) is 5.69 Å². The molecule has 0 bridgehead atoms. The second kappa shape index (κ2) is 10.1. The van der Waals surface area contributed by atoms with Gasteiger partial charge in [0.1, 0.15) is 18.1 Å². The first-order valence-electron chi connectivity index (χ1n) is 8.08. The van der Waals surface area contributed by atoms with Crippen molar-refractivity contribution in [2.75, 3.05) is 31.7 Å². The lowest BCUT2D eigenvalue weighted by molar-refractivity contribution is -0.118. The first-order chi connectivity index (χ1) is 12.1. The Kier molecular flexibility index (Phi) is 7.76. The number of hydrogen-bond donors (Lipinski definition) is 1. The molecule has 1 amide bonds. The predicted octanol–water partition coefficient (Wildman–Crippen LogP) is 4.19. The third-order valence-electron chi connectivity index (χ3n) is 3.32. The van der Waals surface area contributed by atoms with Crippen LogP contribution in [0.5, 0.6) is 11.5 Å². The molecule has 6 heteroatoms. The SMILES string of the molecule is CCOCCOc1cccc(NC(=O)COc2ccc(Br)c(C)c2)c1. The Hall–Kier alpha value is -2.05. The lowest BCUT2D eigenvalue weighted by atomic mass is 10.2. The molecule has 2 aromatic rings. The molecule has 0 aliphatic rings. The highest BCUT2D eigenvalue weighted by Crippen LogP contribution is 2.22. The Morgan fingerprint density at radius 3 is 2.64 bits per heavy atom. The third-order valence-corrected chi connectivity index (χ3v) is 4.21. The van der Waals surface area contributed by atoms with E-state index in [1.165, 1.54) is 0 Å². The topological polar surface area (TPSA) is 56.8 Å². The summed E-state index contributed by atoms with van der Waals surface area (Å²) in [6, 6.07) is 12.8. The van der Waals surface area contributed by atoms with E-state index in [9.17, 15) is 4.79 Å². The van der Waals surface area contributed by atoms with E-state index in [2.05, 4.69) is 21.2 Å². The van der Waals surface area contributed by atoms with Gasteiger partial charge in [0.05, 0.1) is 6.61 Å². The lowest BCUT2D eigenvalue weighted by Gasteiger charge is -2.10. The molecule has 0 heterocycles. The largest absolute Gasteiger partial charge is 0.491 e. The van der Waals surface area contributed by atoms with E-state index in [0.717, 1.165) is 10.0 Å². The van der Waals surface area contributed by atoms with E-state index in [0.29, 0.717) is 37.0 Å². The van der Waals surface area contributed by atoms with Gasteiger partial charge in [-0.1, -0.05) is 22.0 Å². The van der Waals surface area contributed by atoms with Gasteiger partial charge >= 0.3 is 0 Å². The second-order valence-corrected chi connectivity index (χ2v) is 6.18. The molecule has 2 rings (SSSR count). The lowest BCUT2D eigenvalue weighted by Crippen LogP contribution is -2.20. The van der Waals surface area contributed by atoms with E-state index in [-0.39, 0.29) is 12.5 Å². The maximum atomic E-state index is 12.0. The Labute approximate surface area is 156 Å². The van der Waals surface area contributed by atoms with E-state index >= 15 is 0 Å². The van der Waals surface area contributed by atoms with E-state index in [1.54, 1.807) is 12.1 Å². The maximum Gasteiger partial charge on any atom is 0.262 e. The molecule has 2 aromatic carbocycles. The van der Waals surface area contributed by atoms with E-state index in [1.807, 2.05) is 44.2 Å². The number of carbonyl (C=O) groups is 1. The van der Waals surface area contributed by atoms with Gasteiger partial charge < -0.3 is 19.5 Å². The van der Waals surface area contributed by atoms with Crippen LogP contribution in [-0.2, 0) is 9.53 Å². The molecular weight excluding hydrogens is 386 g/mol. The molecule has 5 nitrogen and oxygen atoms in total. The van der Waals surface area contributed by atoms with Gasteiger partial charge in [-0.2, -0.15) is 0 Å². The van der Waals surface area contributed by atoms with Crippen LogP contribution < -0.4 is 14.8 Å². The van der Waals surface area contributed by atoms with Gasteiger partial charge in [-0.3, -0.25) is 4.79 Å². The molecule has 0 unspecified atom stereocenters. The Morgan fingerprint density at radius 2 is 1.88 bits per heavy atom. The molecule has 25 heavy (non-hydrogen) atoms. The van der Waals surface area contributed by atoms with Gasteiger partial charge in [0.15, 0.2) is 6.61 Å². The quantitative estimate of drug-likeness (QED) is 0.633. The summed E-state index contributed by atoms with van der Waals surface area (Å²) in [6.45, 7) is 5.51. The molecule has 0 saturated carbocycles. The summed E-state index contributed by atoms with van der Waals surface area (Å²) in [5.74, 6) is 1.11. The number of aryl methyl sites for hydroxylation is 1. The zero-order valence-electron chi connectivity index (χ0n) is 14.4. The molecule has 0 spiro atoms. The molecule has 0 fully saturated rings. The van der Waals surface area contributed by atoms with Crippen molar-refractivity contribution >= 4 is 27.5 Å². The summed E-state index contributed by atoms with van der Waals surface area (Å²) in [5.41, 5.74) is 1.71. The molecule has 0 radical (unpaired) electrons. The molecule has 0 aliphatic carbocycles. The molecule has 0 atom stereocenters. The number of carbonyl (C=O) groups excluding carboxylic acids is 1. The van der Waals surface area contributed by atoms with Crippen molar-refractivity contribution in [2.45, 2.75) is 13.8 Å². The average molecular weight is 408 g/mol. The second-order valence-electron chi connectivity index (χ2n) is 5.32. The predicted molar refractivity (Wildman–Crippen MR) is 101 cm³/mol. The van der Waals surface area contributed by atoms with Crippen LogP contribution in [0, 0.1) is 6.92 Å². The van der Waals surface area contributed by atoms with Crippen molar-refractivity contribution in [3.05, 3.63) is 52.5 Å². The normalized spacial score (nSPS) is 10.4. The number of halogens is 1. The van der Waals surface area contributed by atoms with Crippen molar-refractivity contribution < 1.29 is 19.0 Å². The number of amides is 1. The fourth-order valence-corrected chi connectivity index (χ4v) is 2.33. The highest BCUT2D eigenvalue weighted by atomic mass is 79.9. The van der Waals surface area contributed by atoms with Crippen molar-refractivity contribution in [1.82, 2.24) is 0 Å². The van der Waals surface area contributed by atoms with Crippen LogP contribution in [0.1, 0.15) is 12.5 Å². The summed E-state index contributed by atoms with van der Waals surface area (Å²) in [5, 5.41) is 2.80. The van der Waals surface area contributed by atoms with Crippen molar-refractivity contribution in [2.24, 2.45) is 0 Å². The monoisotopic (exact) mass is 407 g/mol. The average Bonchev–Trinajstić information content (AvgIpc) is 2.60. The van der Waals surface area contributed by atoms with Crippen LogP contribution >= 0.6 is 15.9 Å². The summed E-state index contributed by atoms with van der Waals surface area (Å²) < 4.78 is 17.3. The summed E-state index contributed by atoms with van der Waals surface area (Å²) in [4.78, 5) is 12.0. The van der Waals surface area contributed by atoms with Crippen LogP contribution in [0.25, 0.3) is 0 Å². The van der Waals surface area contributed by atoms with Gasteiger partial charge in [-0.05, 0) is 49.7 Å². The summed E-state index contributed by atoms with van der Waals surface area (Å²) in [6.07, 6.45) is 0. The maximum absolute atomic E-state index is 12.0. The van der Waals surface area contributed by atoms with Crippen molar-refractivity contribution in [1.29, 1.82) is 0 Å². The minimum absolute atomic E-state index is 0.0590. The number of anilines is 1. The van der Waals surface area contributed by atoms with Crippen molar-refractivity contribution in [3.8, 4) is 11.5 Å². The Morgan fingerprint density at radius 1 is 1.08 bits per heavy atom. The minimum Gasteiger partial charge on any atom is -0.491 e. The number of nitrogens with one attached hydrogen (secondary N) is 1. The zero-order chi connectivity index (χ0) is 18.1. The minimum atomic E-state index is -0.230. The van der Waals surface area contributed by atoms with Gasteiger partial charge in [0.25, 0.3) is 5.91 Å². The first-order valence-corrected chi connectivity index (χ1v) is 8.87. The van der Waals surface area contributed by atoms with Crippen LogP contribution in [-0.4, -0.2) is 32.3 Å². The number of ether oxygens (including phenoxy) is 3. The molecule has 134 valence electrons. The smallest absolute Gasteiger partial charge is 0.262 e. The number of rotatable bonds is 9. The van der Waals surface area contributed by atoms with Gasteiger partial charge in [-0.25, -0.2) is 0 Å². The zero-order valence-corrected chi connectivity index (χ0v) is 16.0. The Bertz CT molecular complexity index is 706. The van der Waals surface area contributed by atoms with Crippen LogP contribution in [0.3, 0.4) is 0 Å². The number of hydrogen-bond acceptors (Lipinski definition) is 4. The highest BCUT2D eigenvalue weighted by molar-refractivity contribution is 9.10. The van der Waals surface area contributed by atoms with E-state index < -0.39 is 0 Å². The van der Waals surface area contributed by atoms with Crippen LogP contribution in [0.15, 0.2) is 46.9 Å². The third kappa shape index (κ3) is 6.76. The standard InChI is InChI=1S/C19H22BrNO4/c1-3-23-9-10-24-16-6-4-5-15(12-16)21-19(22)13-25-17-7-8-18(20)14(2)11-17/h4-8,11-12H,3,9-10,13H2,1-2H3,(H,21,22). The van der Waals surface area contributed by atoms with Gasteiger partial charge in [-0.15, -0.1) is 0 Å². The highest BCUT2D eigenvalue weighted by Gasteiger charge is 2.06. The number of benzene rings is 2. The van der Waals surface area contributed by atoms with Gasteiger partial charge in [0.2, 0.25) is 0 Å². The van der Waals surface area contributed by atoms with E-state index in [4.69, 9.17) is 14.2 Å². The fourth-order valence-electron chi connectivity index (χ4n) is 2.08. The first kappa shape index (κ1) is 19.3. The molecule has 0 aliphatic heterocycles. The molecule has 1 N–H and O–H groups in total. The van der Waals surface area contributed by atoms with Gasteiger partial charge in [0, 0.05) is 22.8 Å². The molecular formula is C19H22BrNO4. The fraction of sp³-hybridized carbons (Fsp3) is 0.316.